The van der Waals surface area contributed by atoms with Crippen molar-refractivity contribution in [2.24, 2.45) is 10.4 Å². The van der Waals surface area contributed by atoms with E-state index in [4.69, 9.17) is 21.1 Å². The van der Waals surface area contributed by atoms with Crippen molar-refractivity contribution in [3.8, 4) is 0 Å². The number of rotatable bonds is 4. The zero-order valence-electron chi connectivity index (χ0n) is 10.2. The lowest BCUT2D eigenvalue weighted by atomic mass is 9.94. The Morgan fingerprint density at radius 3 is 2.69 bits per heavy atom. The SMILES string of the molecule is CC(=O)OCC(C)(CCl)C1=NC(C)(C)CO1. The third-order valence-electron chi connectivity index (χ3n) is 2.37. The predicted octanol–water partition coefficient (Wildman–Crippen LogP) is 2.00. The van der Waals surface area contributed by atoms with Crippen LogP contribution in [0.15, 0.2) is 4.99 Å². The molecule has 1 aliphatic heterocycles. The summed E-state index contributed by atoms with van der Waals surface area (Å²) in [6.07, 6.45) is 0. The lowest BCUT2D eigenvalue weighted by Gasteiger charge is -2.25. The second kappa shape index (κ2) is 4.62. The van der Waals surface area contributed by atoms with Crippen LogP contribution >= 0.6 is 11.6 Å². The number of nitrogens with zero attached hydrogens (tertiary/aromatic N) is 1. The van der Waals surface area contributed by atoms with Gasteiger partial charge >= 0.3 is 5.97 Å². The average Bonchev–Trinajstić information content (AvgIpc) is 2.56. The zero-order valence-corrected chi connectivity index (χ0v) is 10.9. The minimum Gasteiger partial charge on any atom is -0.478 e. The molecule has 92 valence electrons. The van der Waals surface area contributed by atoms with Gasteiger partial charge in [0.15, 0.2) is 5.90 Å². The molecule has 0 saturated carbocycles. The van der Waals surface area contributed by atoms with Gasteiger partial charge in [0.05, 0.1) is 11.0 Å². The number of esters is 1. The maximum Gasteiger partial charge on any atom is 0.302 e. The molecule has 0 spiro atoms. The Bertz CT molecular complexity index is 314. The van der Waals surface area contributed by atoms with Crippen LogP contribution in [0.2, 0.25) is 0 Å². The molecule has 0 aromatic heterocycles. The molecule has 0 amide bonds. The molecule has 4 nitrogen and oxygen atoms in total. The Kier molecular flexibility index (Phi) is 3.84. The predicted molar refractivity (Wildman–Crippen MR) is 62.9 cm³/mol. The summed E-state index contributed by atoms with van der Waals surface area (Å²) in [7, 11) is 0. The molecule has 0 aromatic carbocycles. The van der Waals surface area contributed by atoms with Crippen molar-refractivity contribution in [1.82, 2.24) is 0 Å². The number of halogens is 1. The summed E-state index contributed by atoms with van der Waals surface area (Å²) in [5.41, 5.74) is -0.764. The van der Waals surface area contributed by atoms with E-state index >= 15 is 0 Å². The van der Waals surface area contributed by atoms with Gasteiger partial charge in [-0.25, -0.2) is 4.99 Å². The van der Waals surface area contributed by atoms with Crippen LogP contribution in [0.5, 0.6) is 0 Å². The van der Waals surface area contributed by atoms with E-state index in [-0.39, 0.29) is 18.1 Å². The van der Waals surface area contributed by atoms with Crippen LogP contribution in [-0.4, -0.2) is 36.5 Å². The van der Waals surface area contributed by atoms with Crippen molar-refractivity contribution in [3.63, 3.8) is 0 Å². The van der Waals surface area contributed by atoms with E-state index < -0.39 is 5.41 Å². The molecule has 0 aliphatic carbocycles. The Balaban J connectivity index is 2.77. The summed E-state index contributed by atoms with van der Waals surface area (Å²) in [5, 5.41) is 0. The summed E-state index contributed by atoms with van der Waals surface area (Å²) in [6.45, 7) is 7.95. The van der Waals surface area contributed by atoms with Gasteiger partial charge in [0, 0.05) is 12.8 Å². The van der Waals surface area contributed by atoms with E-state index in [0.717, 1.165) is 0 Å². The van der Waals surface area contributed by atoms with Crippen LogP contribution < -0.4 is 0 Å². The van der Waals surface area contributed by atoms with Gasteiger partial charge in [-0.05, 0) is 20.8 Å². The number of alkyl halides is 1. The first-order valence-electron chi connectivity index (χ1n) is 5.21. The Morgan fingerprint density at radius 2 is 2.31 bits per heavy atom. The molecule has 1 aliphatic rings. The van der Waals surface area contributed by atoms with Crippen molar-refractivity contribution in [3.05, 3.63) is 0 Å². The minimum atomic E-state index is -0.541. The molecule has 0 aromatic rings. The highest BCUT2D eigenvalue weighted by molar-refractivity contribution is 6.20. The second-order valence-corrected chi connectivity index (χ2v) is 5.26. The third-order valence-corrected chi connectivity index (χ3v) is 2.96. The van der Waals surface area contributed by atoms with Gasteiger partial charge in [-0.2, -0.15) is 0 Å². The molecular weight excluding hydrogens is 230 g/mol. The maximum absolute atomic E-state index is 10.8. The number of aliphatic imine (C=N–C) groups is 1. The third kappa shape index (κ3) is 3.11. The van der Waals surface area contributed by atoms with Crippen LogP contribution in [0.25, 0.3) is 0 Å². The van der Waals surface area contributed by atoms with Gasteiger partial charge < -0.3 is 9.47 Å². The fourth-order valence-corrected chi connectivity index (χ4v) is 1.50. The molecule has 1 unspecified atom stereocenters. The van der Waals surface area contributed by atoms with Gasteiger partial charge in [-0.15, -0.1) is 11.6 Å². The highest BCUT2D eigenvalue weighted by Crippen LogP contribution is 2.29. The van der Waals surface area contributed by atoms with Gasteiger partial charge in [0.25, 0.3) is 0 Å². The van der Waals surface area contributed by atoms with Crippen molar-refractivity contribution < 1.29 is 14.3 Å². The number of ether oxygens (including phenoxy) is 2. The highest BCUT2D eigenvalue weighted by Gasteiger charge is 2.39. The lowest BCUT2D eigenvalue weighted by Crippen LogP contribution is -2.35. The number of hydrogen-bond donors (Lipinski definition) is 0. The van der Waals surface area contributed by atoms with Crippen molar-refractivity contribution in [1.29, 1.82) is 0 Å². The van der Waals surface area contributed by atoms with Gasteiger partial charge in [0.2, 0.25) is 0 Å². The summed E-state index contributed by atoms with van der Waals surface area (Å²) >= 11 is 5.91. The first kappa shape index (κ1) is 13.3. The molecule has 0 radical (unpaired) electrons. The molecule has 1 heterocycles. The fraction of sp³-hybridized carbons (Fsp3) is 0.818. The van der Waals surface area contributed by atoms with E-state index in [9.17, 15) is 4.79 Å². The molecule has 1 rings (SSSR count). The Hall–Kier alpha value is -0.770. The van der Waals surface area contributed by atoms with Gasteiger partial charge in [0.1, 0.15) is 13.2 Å². The van der Waals surface area contributed by atoms with Crippen molar-refractivity contribution in [2.75, 3.05) is 19.1 Å². The average molecular weight is 248 g/mol. The number of carbonyl (C=O) groups excluding carboxylic acids is 1. The monoisotopic (exact) mass is 247 g/mol. The van der Waals surface area contributed by atoms with Crippen LogP contribution in [0, 0.1) is 5.41 Å². The minimum absolute atomic E-state index is 0.195. The Labute approximate surface area is 101 Å². The van der Waals surface area contributed by atoms with E-state index in [1.165, 1.54) is 6.92 Å². The van der Waals surface area contributed by atoms with E-state index in [1.807, 2.05) is 20.8 Å². The summed E-state index contributed by atoms with van der Waals surface area (Å²) in [6, 6.07) is 0. The molecule has 1 atom stereocenters. The Morgan fingerprint density at radius 1 is 1.69 bits per heavy atom. The molecule has 0 saturated heterocycles. The molecule has 5 heteroatoms. The van der Waals surface area contributed by atoms with Crippen molar-refractivity contribution in [2.45, 2.75) is 33.2 Å². The van der Waals surface area contributed by atoms with E-state index in [1.54, 1.807) is 0 Å². The van der Waals surface area contributed by atoms with Gasteiger partial charge in [-0.3, -0.25) is 4.79 Å². The first-order chi connectivity index (χ1) is 7.29. The molecule has 0 N–H and O–H groups in total. The maximum atomic E-state index is 10.8. The normalized spacial score (nSPS) is 21.9. The summed E-state index contributed by atoms with van der Waals surface area (Å²) in [5.74, 6) is 0.554. The number of hydrogen-bond acceptors (Lipinski definition) is 4. The standard InChI is InChI=1S/C11H18ClNO3/c1-8(14)15-7-11(4,5-12)9-13-10(2,3)6-16-9/h5-7H2,1-4H3. The van der Waals surface area contributed by atoms with Crippen molar-refractivity contribution >= 4 is 23.5 Å². The van der Waals surface area contributed by atoms with E-state index in [0.29, 0.717) is 18.4 Å². The van der Waals surface area contributed by atoms with Crippen LogP contribution in [0.4, 0.5) is 0 Å². The molecule has 0 fully saturated rings. The largest absolute Gasteiger partial charge is 0.478 e. The zero-order chi connectivity index (χ0) is 12.4. The van der Waals surface area contributed by atoms with Crippen LogP contribution in [0.1, 0.15) is 27.7 Å². The lowest BCUT2D eigenvalue weighted by molar-refractivity contribution is -0.142. The molecule has 0 bridgehead atoms. The van der Waals surface area contributed by atoms with Crippen LogP contribution in [0.3, 0.4) is 0 Å². The summed E-state index contributed by atoms with van der Waals surface area (Å²) in [4.78, 5) is 15.3. The highest BCUT2D eigenvalue weighted by atomic mass is 35.5. The fourth-order valence-electron chi connectivity index (χ4n) is 1.31. The topological polar surface area (TPSA) is 47.9 Å². The molecular formula is C11H18ClNO3. The molecule has 16 heavy (non-hydrogen) atoms. The number of carbonyl (C=O) groups is 1. The first-order valence-corrected chi connectivity index (χ1v) is 5.75. The van der Waals surface area contributed by atoms with Crippen LogP contribution in [-0.2, 0) is 14.3 Å². The van der Waals surface area contributed by atoms with E-state index in [2.05, 4.69) is 4.99 Å². The summed E-state index contributed by atoms with van der Waals surface area (Å²) < 4.78 is 10.5. The smallest absolute Gasteiger partial charge is 0.302 e. The quantitative estimate of drug-likeness (QED) is 0.564. The second-order valence-electron chi connectivity index (χ2n) is 4.99. The van der Waals surface area contributed by atoms with Gasteiger partial charge in [-0.1, -0.05) is 0 Å².